The summed E-state index contributed by atoms with van der Waals surface area (Å²) in [5.74, 6) is -0.144. The van der Waals surface area contributed by atoms with Gasteiger partial charge in [0.25, 0.3) is 5.91 Å². The molecule has 23 heavy (non-hydrogen) atoms. The summed E-state index contributed by atoms with van der Waals surface area (Å²) in [7, 11) is 0. The monoisotopic (exact) mass is 360 g/mol. The zero-order chi connectivity index (χ0) is 16.2. The molecule has 2 aromatic carbocycles. The van der Waals surface area contributed by atoms with Crippen molar-refractivity contribution in [2.75, 3.05) is 6.26 Å². The lowest BCUT2D eigenvalue weighted by molar-refractivity contribution is -0.115. The van der Waals surface area contributed by atoms with Crippen LogP contribution in [0.4, 0.5) is 5.69 Å². The minimum atomic E-state index is -0.144. The van der Waals surface area contributed by atoms with Crippen LogP contribution in [0.15, 0.2) is 63.3 Å². The van der Waals surface area contributed by atoms with E-state index in [0.29, 0.717) is 20.8 Å². The molecule has 1 heterocycles. The van der Waals surface area contributed by atoms with Gasteiger partial charge in [-0.05, 0) is 53.9 Å². The van der Waals surface area contributed by atoms with Crippen LogP contribution in [0.3, 0.4) is 0 Å². The van der Waals surface area contributed by atoms with Crippen molar-refractivity contribution in [1.82, 2.24) is 5.32 Å². The van der Waals surface area contributed by atoms with Gasteiger partial charge in [-0.1, -0.05) is 35.9 Å². The average molecular weight is 361 g/mol. The van der Waals surface area contributed by atoms with Crippen LogP contribution in [0, 0.1) is 0 Å². The highest BCUT2D eigenvalue weighted by Gasteiger charge is 2.23. The van der Waals surface area contributed by atoms with Gasteiger partial charge >= 0.3 is 0 Å². The van der Waals surface area contributed by atoms with E-state index in [-0.39, 0.29) is 5.91 Å². The van der Waals surface area contributed by atoms with Gasteiger partial charge in [-0.2, -0.15) is 0 Å². The van der Waals surface area contributed by atoms with Crippen molar-refractivity contribution in [3.05, 3.63) is 64.0 Å². The van der Waals surface area contributed by atoms with Crippen molar-refractivity contribution in [3.8, 4) is 0 Å². The molecule has 1 amide bonds. The van der Waals surface area contributed by atoms with Gasteiger partial charge in [-0.25, -0.2) is 4.99 Å². The first-order valence-corrected chi connectivity index (χ1v) is 9.26. The van der Waals surface area contributed by atoms with Gasteiger partial charge in [0.2, 0.25) is 0 Å². The lowest BCUT2D eigenvalue weighted by Gasteiger charge is -1.98. The van der Waals surface area contributed by atoms with Crippen LogP contribution in [-0.2, 0) is 4.79 Å². The van der Waals surface area contributed by atoms with Gasteiger partial charge < -0.3 is 5.32 Å². The first kappa shape index (κ1) is 16.2. The Labute approximate surface area is 148 Å². The number of amidine groups is 1. The molecule has 1 fully saturated rings. The second-order valence-electron chi connectivity index (χ2n) is 4.71. The molecular weight excluding hydrogens is 348 g/mol. The van der Waals surface area contributed by atoms with Crippen molar-refractivity contribution in [2.45, 2.75) is 4.90 Å². The Morgan fingerprint density at radius 1 is 1.17 bits per heavy atom. The van der Waals surface area contributed by atoms with E-state index in [1.807, 2.05) is 54.8 Å². The first-order chi connectivity index (χ1) is 11.2. The molecule has 0 atom stereocenters. The standard InChI is InChI=1S/C17H13ClN2OS2/c1-22-12-8-6-11(7-9-12)10-15-16(21)20-17(23-15)19-14-5-3-2-4-13(14)18/h2-10H,1H3,(H,19,20,21)/b15-10+. The van der Waals surface area contributed by atoms with E-state index in [2.05, 4.69) is 10.3 Å². The van der Waals surface area contributed by atoms with Gasteiger partial charge in [0.05, 0.1) is 15.6 Å². The average Bonchev–Trinajstić information content (AvgIpc) is 2.90. The van der Waals surface area contributed by atoms with E-state index in [9.17, 15) is 4.79 Å². The van der Waals surface area contributed by atoms with Gasteiger partial charge in [-0.3, -0.25) is 4.79 Å². The highest BCUT2D eigenvalue weighted by Crippen LogP contribution is 2.30. The summed E-state index contributed by atoms with van der Waals surface area (Å²) in [5.41, 5.74) is 1.63. The molecule has 0 radical (unpaired) electrons. The van der Waals surface area contributed by atoms with Gasteiger partial charge in [-0.15, -0.1) is 11.8 Å². The van der Waals surface area contributed by atoms with E-state index in [1.54, 1.807) is 17.8 Å². The number of carbonyl (C=O) groups excluding carboxylic acids is 1. The zero-order valence-electron chi connectivity index (χ0n) is 12.2. The Morgan fingerprint density at radius 2 is 1.91 bits per heavy atom. The van der Waals surface area contributed by atoms with E-state index in [4.69, 9.17) is 11.6 Å². The molecule has 0 aromatic heterocycles. The molecule has 1 aliphatic heterocycles. The van der Waals surface area contributed by atoms with E-state index in [1.165, 1.54) is 16.7 Å². The fraction of sp³-hybridized carbons (Fsp3) is 0.0588. The number of halogens is 1. The number of amides is 1. The molecule has 3 rings (SSSR count). The summed E-state index contributed by atoms with van der Waals surface area (Å²) in [6.45, 7) is 0. The minimum Gasteiger partial charge on any atom is -0.300 e. The number of hydrogen-bond acceptors (Lipinski definition) is 4. The fourth-order valence-corrected chi connectivity index (χ4v) is 3.40. The predicted octanol–water partition coefficient (Wildman–Crippen LogP) is 4.95. The SMILES string of the molecule is CSc1ccc(/C=C2/SC(=Nc3ccccc3Cl)NC2=O)cc1. The zero-order valence-corrected chi connectivity index (χ0v) is 14.6. The van der Waals surface area contributed by atoms with Crippen LogP contribution < -0.4 is 5.32 Å². The molecule has 1 saturated heterocycles. The Kier molecular flexibility index (Phi) is 5.10. The van der Waals surface area contributed by atoms with Crippen molar-refractivity contribution >= 4 is 58.0 Å². The maximum Gasteiger partial charge on any atom is 0.264 e. The third kappa shape index (κ3) is 3.99. The Morgan fingerprint density at radius 3 is 2.61 bits per heavy atom. The van der Waals surface area contributed by atoms with E-state index >= 15 is 0 Å². The summed E-state index contributed by atoms with van der Waals surface area (Å²) in [6, 6.07) is 15.3. The van der Waals surface area contributed by atoms with Crippen LogP contribution >= 0.6 is 35.1 Å². The molecule has 2 aromatic rings. The third-order valence-electron chi connectivity index (χ3n) is 3.14. The molecule has 3 nitrogen and oxygen atoms in total. The number of nitrogens with zero attached hydrogens (tertiary/aromatic N) is 1. The van der Waals surface area contributed by atoms with Crippen LogP contribution in [0.2, 0.25) is 5.02 Å². The summed E-state index contributed by atoms with van der Waals surface area (Å²) >= 11 is 9.09. The number of para-hydroxylation sites is 1. The maximum atomic E-state index is 12.1. The largest absolute Gasteiger partial charge is 0.300 e. The molecule has 0 aliphatic carbocycles. The first-order valence-electron chi connectivity index (χ1n) is 6.84. The third-order valence-corrected chi connectivity index (χ3v) is 5.11. The van der Waals surface area contributed by atoms with E-state index in [0.717, 1.165) is 5.56 Å². The van der Waals surface area contributed by atoms with Crippen molar-refractivity contribution in [3.63, 3.8) is 0 Å². The summed E-state index contributed by atoms with van der Waals surface area (Å²) in [6.07, 6.45) is 3.89. The van der Waals surface area contributed by atoms with Crippen LogP contribution in [0.1, 0.15) is 5.56 Å². The Hall–Kier alpha value is -1.69. The van der Waals surface area contributed by atoms with Crippen LogP contribution in [0.25, 0.3) is 6.08 Å². The minimum absolute atomic E-state index is 0.144. The summed E-state index contributed by atoms with van der Waals surface area (Å²) in [4.78, 5) is 18.3. The predicted molar refractivity (Wildman–Crippen MR) is 100 cm³/mol. The number of hydrogen-bond donors (Lipinski definition) is 1. The fourth-order valence-electron chi connectivity index (χ4n) is 1.98. The topological polar surface area (TPSA) is 41.5 Å². The summed E-state index contributed by atoms with van der Waals surface area (Å²) in [5, 5.41) is 3.86. The molecular formula is C17H13ClN2OS2. The quantitative estimate of drug-likeness (QED) is 0.621. The molecule has 0 saturated carbocycles. The number of carbonyl (C=O) groups is 1. The second kappa shape index (κ2) is 7.25. The number of thioether (sulfide) groups is 2. The second-order valence-corrected chi connectivity index (χ2v) is 7.02. The van der Waals surface area contributed by atoms with Crippen molar-refractivity contribution in [2.24, 2.45) is 4.99 Å². The Bertz CT molecular complexity index is 800. The van der Waals surface area contributed by atoms with Crippen LogP contribution in [-0.4, -0.2) is 17.3 Å². The highest BCUT2D eigenvalue weighted by atomic mass is 35.5. The van der Waals surface area contributed by atoms with E-state index < -0.39 is 0 Å². The molecule has 116 valence electrons. The lowest BCUT2D eigenvalue weighted by Crippen LogP contribution is -2.19. The number of aliphatic imine (C=N–C) groups is 1. The summed E-state index contributed by atoms with van der Waals surface area (Å²) < 4.78 is 0. The van der Waals surface area contributed by atoms with Gasteiger partial charge in [0, 0.05) is 4.90 Å². The molecule has 6 heteroatoms. The van der Waals surface area contributed by atoms with Gasteiger partial charge in [0.1, 0.15) is 0 Å². The molecule has 1 aliphatic rings. The van der Waals surface area contributed by atoms with Crippen molar-refractivity contribution < 1.29 is 4.79 Å². The Balaban J connectivity index is 1.82. The number of nitrogens with one attached hydrogen (secondary N) is 1. The highest BCUT2D eigenvalue weighted by molar-refractivity contribution is 8.18. The number of rotatable bonds is 3. The lowest BCUT2D eigenvalue weighted by atomic mass is 10.2. The van der Waals surface area contributed by atoms with Crippen molar-refractivity contribution in [1.29, 1.82) is 0 Å². The molecule has 0 bridgehead atoms. The van der Waals surface area contributed by atoms with Crippen LogP contribution in [0.5, 0.6) is 0 Å². The van der Waals surface area contributed by atoms with Gasteiger partial charge in [0.15, 0.2) is 5.17 Å². The number of benzene rings is 2. The molecule has 1 N–H and O–H groups in total. The molecule has 0 unspecified atom stereocenters. The maximum absolute atomic E-state index is 12.1. The smallest absolute Gasteiger partial charge is 0.264 e. The molecule has 0 spiro atoms. The normalized spacial score (nSPS) is 17.7.